The standard InChI is InChI=1S/C10H7IN2O2S/c11-6-1-2-7(14)5(3-6)4-8-9(15)13-10(12)16-8/h1-4,14H,(H2,12,13,15)/b8-4+. The van der Waals surface area contributed by atoms with Gasteiger partial charge in [-0.3, -0.25) is 4.79 Å². The number of amides is 1. The number of hydrogen-bond donors (Lipinski definition) is 2. The highest BCUT2D eigenvalue weighted by Crippen LogP contribution is 2.29. The second-order valence-corrected chi connectivity index (χ2v) is 5.38. The van der Waals surface area contributed by atoms with E-state index in [0.29, 0.717) is 10.5 Å². The van der Waals surface area contributed by atoms with Crippen LogP contribution in [0.2, 0.25) is 0 Å². The molecule has 82 valence electrons. The molecule has 1 aromatic carbocycles. The van der Waals surface area contributed by atoms with Crippen molar-refractivity contribution in [2.45, 2.75) is 0 Å². The Labute approximate surface area is 110 Å². The van der Waals surface area contributed by atoms with Crippen molar-refractivity contribution in [3.05, 3.63) is 32.2 Å². The molecule has 0 atom stereocenters. The number of rotatable bonds is 1. The van der Waals surface area contributed by atoms with Crippen molar-refractivity contribution in [1.29, 1.82) is 0 Å². The molecule has 3 N–H and O–H groups in total. The van der Waals surface area contributed by atoms with Crippen LogP contribution in [0, 0.1) is 3.57 Å². The van der Waals surface area contributed by atoms with Crippen LogP contribution < -0.4 is 5.73 Å². The van der Waals surface area contributed by atoms with Gasteiger partial charge in [-0.05, 0) is 58.6 Å². The third-order valence-corrected chi connectivity index (χ3v) is 3.40. The van der Waals surface area contributed by atoms with Crippen LogP contribution in [0.1, 0.15) is 5.56 Å². The molecule has 1 aliphatic rings. The van der Waals surface area contributed by atoms with Crippen molar-refractivity contribution >= 4 is 51.5 Å². The fourth-order valence-corrected chi connectivity index (χ4v) is 2.40. The summed E-state index contributed by atoms with van der Waals surface area (Å²) in [7, 11) is 0. The second kappa shape index (κ2) is 4.46. The average Bonchev–Trinajstić information content (AvgIpc) is 2.51. The zero-order valence-electron chi connectivity index (χ0n) is 7.98. The molecule has 1 aliphatic heterocycles. The molecule has 0 fully saturated rings. The topological polar surface area (TPSA) is 75.7 Å². The summed E-state index contributed by atoms with van der Waals surface area (Å²) in [4.78, 5) is 15.4. The maximum atomic E-state index is 11.3. The third-order valence-electron chi connectivity index (χ3n) is 1.91. The fourth-order valence-electron chi connectivity index (χ4n) is 1.21. The Morgan fingerprint density at radius 1 is 1.50 bits per heavy atom. The van der Waals surface area contributed by atoms with E-state index in [4.69, 9.17) is 5.73 Å². The zero-order chi connectivity index (χ0) is 11.7. The highest BCUT2D eigenvalue weighted by atomic mass is 127. The van der Waals surface area contributed by atoms with Gasteiger partial charge in [-0.2, -0.15) is 4.99 Å². The lowest BCUT2D eigenvalue weighted by atomic mass is 10.2. The highest BCUT2D eigenvalue weighted by molar-refractivity contribution is 14.1. The largest absolute Gasteiger partial charge is 0.507 e. The first-order valence-electron chi connectivity index (χ1n) is 4.33. The number of nitrogens with zero attached hydrogens (tertiary/aromatic N) is 1. The monoisotopic (exact) mass is 346 g/mol. The van der Waals surface area contributed by atoms with E-state index < -0.39 is 0 Å². The molecule has 0 saturated heterocycles. The minimum Gasteiger partial charge on any atom is -0.507 e. The van der Waals surface area contributed by atoms with Crippen LogP contribution >= 0.6 is 34.4 Å². The number of thioether (sulfide) groups is 1. The Kier molecular flexibility index (Phi) is 3.20. The SMILES string of the molecule is NC1=NC(=O)/C(=C\c2cc(I)ccc2O)S1. The van der Waals surface area contributed by atoms with Crippen molar-refractivity contribution in [2.75, 3.05) is 0 Å². The summed E-state index contributed by atoms with van der Waals surface area (Å²) in [5.41, 5.74) is 6.01. The Morgan fingerprint density at radius 2 is 2.25 bits per heavy atom. The summed E-state index contributed by atoms with van der Waals surface area (Å²) >= 11 is 3.24. The van der Waals surface area contributed by atoms with Crippen LogP contribution in [0.3, 0.4) is 0 Å². The lowest BCUT2D eigenvalue weighted by Crippen LogP contribution is -2.01. The maximum Gasteiger partial charge on any atom is 0.286 e. The first-order valence-corrected chi connectivity index (χ1v) is 6.22. The molecule has 0 spiro atoms. The van der Waals surface area contributed by atoms with Gasteiger partial charge < -0.3 is 10.8 Å². The molecular formula is C10H7IN2O2S. The van der Waals surface area contributed by atoms with Crippen molar-refractivity contribution in [2.24, 2.45) is 10.7 Å². The van der Waals surface area contributed by atoms with E-state index in [1.165, 1.54) is 0 Å². The Morgan fingerprint density at radius 3 is 2.88 bits per heavy atom. The van der Waals surface area contributed by atoms with Gasteiger partial charge in [-0.15, -0.1) is 0 Å². The van der Waals surface area contributed by atoms with E-state index in [9.17, 15) is 9.90 Å². The van der Waals surface area contributed by atoms with Gasteiger partial charge in [-0.25, -0.2) is 0 Å². The molecule has 1 aromatic rings. The fraction of sp³-hybridized carbons (Fsp3) is 0. The van der Waals surface area contributed by atoms with Crippen LogP contribution in [-0.4, -0.2) is 16.2 Å². The number of phenols is 1. The highest BCUT2D eigenvalue weighted by Gasteiger charge is 2.19. The van der Waals surface area contributed by atoms with Gasteiger partial charge in [0.05, 0.1) is 4.91 Å². The Hall–Kier alpha value is -1.02. The van der Waals surface area contributed by atoms with Gasteiger partial charge >= 0.3 is 0 Å². The molecule has 0 aromatic heterocycles. The van der Waals surface area contributed by atoms with Gasteiger partial charge in [0, 0.05) is 9.13 Å². The number of nitrogens with two attached hydrogens (primary N) is 1. The van der Waals surface area contributed by atoms with Crippen LogP contribution in [0.15, 0.2) is 28.1 Å². The number of aromatic hydroxyl groups is 1. The predicted octanol–water partition coefficient (Wildman–Crippen LogP) is 1.93. The number of phenolic OH excluding ortho intramolecular Hbond substituents is 1. The second-order valence-electron chi connectivity index (χ2n) is 3.07. The summed E-state index contributed by atoms with van der Waals surface area (Å²) in [6.45, 7) is 0. The molecule has 1 heterocycles. The normalized spacial score (nSPS) is 17.9. The average molecular weight is 346 g/mol. The number of aliphatic imine (C=N–C) groups is 1. The lowest BCUT2D eigenvalue weighted by molar-refractivity contribution is -0.113. The molecule has 4 nitrogen and oxygen atoms in total. The van der Waals surface area contributed by atoms with Gasteiger partial charge in [0.2, 0.25) is 0 Å². The van der Waals surface area contributed by atoms with Gasteiger partial charge in [0.25, 0.3) is 5.91 Å². The first kappa shape index (κ1) is 11.5. The molecule has 0 bridgehead atoms. The van der Waals surface area contributed by atoms with E-state index in [2.05, 4.69) is 27.6 Å². The number of hydrogen-bond acceptors (Lipinski definition) is 4. The van der Waals surface area contributed by atoms with E-state index in [0.717, 1.165) is 15.3 Å². The number of carbonyl (C=O) groups is 1. The van der Waals surface area contributed by atoms with Crippen LogP contribution in [0.5, 0.6) is 5.75 Å². The summed E-state index contributed by atoms with van der Waals surface area (Å²) in [6, 6.07) is 5.15. The molecule has 0 radical (unpaired) electrons. The third kappa shape index (κ3) is 2.38. The number of halogens is 1. The Bertz CT molecular complexity index is 526. The van der Waals surface area contributed by atoms with Gasteiger partial charge in [0.1, 0.15) is 5.75 Å². The number of benzene rings is 1. The molecule has 6 heteroatoms. The minimum atomic E-state index is -0.360. The summed E-state index contributed by atoms with van der Waals surface area (Å²) < 4.78 is 0.978. The van der Waals surface area contributed by atoms with E-state index in [-0.39, 0.29) is 16.8 Å². The summed E-state index contributed by atoms with van der Waals surface area (Å²) in [6.07, 6.45) is 1.59. The number of amidine groups is 1. The molecule has 0 unspecified atom stereocenters. The minimum absolute atomic E-state index is 0.131. The zero-order valence-corrected chi connectivity index (χ0v) is 10.9. The smallest absolute Gasteiger partial charge is 0.286 e. The first-order chi connectivity index (χ1) is 7.56. The summed E-state index contributed by atoms with van der Waals surface area (Å²) in [5, 5.41) is 9.85. The van der Waals surface area contributed by atoms with Crippen molar-refractivity contribution < 1.29 is 9.90 Å². The van der Waals surface area contributed by atoms with Crippen LogP contribution in [-0.2, 0) is 4.79 Å². The van der Waals surface area contributed by atoms with Gasteiger partial charge in [0.15, 0.2) is 5.17 Å². The molecule has 1 amide bonds. The van der Waals surface area contributed by atoms with Crippen LogP contribution in [0.4, 0.5) is 0 Å². The van der Waals surface area contributed by atoms with Crippen molar-refractivity contribution in [1.82, 2.24) is 0 Å². The van der Waals surface area contributed by atoms with Crippen molar-refractivity contribution in [3.63, 3.8) is 0 Å². The molecule has 0 saturated carbocycles. The summed E-state index contributed by atoms with van der Waals surface area (Å²) in [5.74, 6) is -0.229. The molecule has 0 aliphatic carbocycles. The maximum absolute atomic E-state index is 11.3. The molecule has 2 rings (SSSR count). The molecular weight excluding hydrogens is 339 g/mol. The lowest BCUT2D eigenvalue weighted by Gasteiger charge is -2.00. The van der Waals surface area contributed by atoms with Crippen LogP contribution in [0.25, 0.3) is 6.08 Å². The van der Waals surface area contributed by atoms with E-state index >= 15 is 0 Å². The van der Waals surface area contributed by atoms with Gasteiger partial charge in [-0.1, -0.05) is 0 Å². The molecule has 16 heavy (non-hydrogen) atoms. The van der Waals surface area contributed by atoms with E-state index in [1.807, 2.05) is 0 Å². The number of carbonyl (C=O) groups excluding carboxylic acids is 1. The van der Waals surface area contributed by atoms with E-state index in [1.54, 1.807) is 24.3 Å². The van der Waals surface area contributed by atoms with Crippen molar-refractivity contribution in [3.8, 4) is 5.75 Å². The predicted molar refractivity (Wildman–Crippen MR) is 73.0 cm³/mol. The Balaban J connectivity index is 2.37. The quantitative estimate of drug-likeness (QED) is 0.602.